The number of hydrogen-bond acceptors (Lipinski definition) is 4. The van der Waals surface area contributed by atoms with Crippen molar-refractivity contribution in [3.63, 3.8) is 0 Å². The fourth-order valence-corrected chi connectivity index (χ4v) is 2.64. The Kier molecular flexibility index (Phi) is 5.45. The standard InChI is InChI=1S/C15H13F2N3O4S/c1-9-2-5-11(6-3-9)18-14(21)15(22)19-20-25(23,24)13-7-4-10(16)8-12(13)17/h2-8,20H,1H3,(H,18,21)(H,19,22). The molecule has 0 saturated carbocycles. The number of sulfonamides is 1. The number of anilines is 1. The Balaban J connectivity index is 2.00. The molecule has 2 rings (SSSR count). The van der Waals surface area contributed by atoms with E-state index in [1.807, 2.05) is 6.92 Å². The lowest BCUT2D eigenvalue weighted by Gasteiger charge is -2.09. The summed E-state index contributed by atoms with van der Waals surface area (Å²) >= 11 is 0. The largest absolute Gasteiger partial charge is 0.324 e. The van der Waals surface area contributed by atoms with Gasteiger partial charge in [-0.05, 0) is 31.2 Å². The molecule has 7 nitrogen and oxygen atoms in total. The van der Waals surface area contributed by atoms with E-state index in [4.69, 9.17) is 0 Å². The van der Waals surface area contributed by atoms with Gasteiger partial charge in [0.15, 0.2) is 0 Å². The lowest BCUT2D eigenvalue weighted by atomic mass is 10.2. The van der Waals surface area contributed by atoms with Crippen LogP contribution in [-0.4, -0.2) is 20.2 Å². The van der Waals surface area contributed by atoms with Crippen LogP contribution in [-0.2, 0) is 19.6 Å². The van der Waals surface area contributed by atoms with Crippen LogP contribution in [0.5, 0.6) is 0 Å². The zero-order valence-corrected chi connectivity index (χ0v) is 13.7. The number of hydrogen-bond donors (Lipinski definition) is 3. The lowest BCUT2D eigenvalue weighted by Crippen LogP contribution is -2.46. The zero-order chi connectivity index (χ0) is 18.6. The Morgan fingerprint density at radius 1 is 0.960 bits per heavy atom. The SMILES string of the molecule is Cc1ccc(NC(=O)C(=O)NNS(=O)(=O)c2ccc(F)cc2F)cc1. The highest BCUT2D eigenvalue weighted by Gasteiger charge is 2.22. The smallest absolute Gasteiger partial charge is 0.318 e. The first-order valence-electron chi connectivity index (χ1n) is 6.84. The van der Waals surface area contributed by atoms with Gasteiger partial charge in [-0.25, -0.2) is 17.2 Å². The highest BCUT2D eigenvalue weighted by atomic mass is 32.2. The number of aryl methyl sites for hydroxylation is 1. The van der Waals surface area contributed by atoms with Crippen LogP contribution < -0.4 is 15.6 Å². The van der Waals surface area contributed by atoms with Crippen LogP contribution in [0.15, 0.2) is 47.4 Å². The molecule has 0 aliphatic heterocycles. The zero-order valence-electron chi connectivity index (χ0n) is 12.8. The van der Waals surface area contributed by atoms with Crippen molar-refractivity contribution in [3.8, 4) is 0 Å². The average molecular weight is 369 g/mol. The first-order chi connectivity index (χ1) is 11.7. The van der Waals surface area contributed by atoms with Gasteiger partial charge in [0.1, 0.15) is 16.5 Å². The van der Waals surface area contributed by atoms with E-state index >= 15 is 0 Å². The predicted octanol–water partition coefficient (Wildman–Crippen LogP) is 1.22. The molecule has 0 heterocycles. The maximum atomic E-state index is 13.5. The van der Waals surface area contributed by atoms with Gasteiger partial charge in [0.2, 0.25) is 0 Å². The molecule has 0 unspecified atom stereocenters. The molecule has 2 amide bonds. The molecule has 0 radical (unpaired) electrons. The van der Waals surface area contributed by atoms with Crippen molar-refractivity contribution in [2.24, 2.45) is 0 Å². The predicted molar refractivity (Wildman–Crippen MR) is 84.6 cm³/mol. The van der Waals surface area contributed by atoms with Crippen molar-refractivity contribution in [2.75, 3.05) is 5.32 Å². The summed E-state index contributed by atoms with van der Waals surface area (Å²) in [5, 5.41) is 2.25. The molecule has 3 N–H and O–H groups in total. The highest BCUT2D eigenvalue weighted by Crippen LogP contribution is 2.14. The van der Waals surface area contributed by atoms with Gasteiger partial charge in [-0.2, -0.15) is 0 Å². The van der Waals surface area contributed by atoms with Gasteiger partial charge in [0.25, 0.3) is 10.0 Å². The summed E-state index contributed by atoms with van der Waals surface area (Å²) in [6.07, 6.45) is 0. The van der Waals surface area contributed by atoms with Gasteiger partial charge in [-0.1, -0.05) is 17.7 Å². The van der Waals surface area contributed by atoms with Crippen LogP contribution in [0.3, 0.4) is 0 Å². The summed E-state index contributed by atoms with van der Waals surface area (Å²) in [6, 6.07) is 8.31. The summed E-state index contributed by atoms with van der Waals surface area (Å²) in [7, 11) is -4.52. The molecule has 10 heteroatoms. The third-order valence-electron chi connectivity index (χ3n) is 3.00. The molecule has 0 bridgehead atoms. The molecule has 0 aliphatic rings. The first kappa shape index (κ1) is 18.5. The number of benzene rings is 2. The number of halogens is 2. The van der Waals surface area contributed by atoms with E-state index in [0.717, 1.165) is 11.6 Å². The Bertz CT molecular complexity index is 915. The quantitative estimate of drug-likeness (QED) is 0.557. The van der Waals surface area contributed by atoms with Crippen LogP contribution in [0, 0.1) is 18.6 Å². The molecule has 132 valence electrons. The highest BCUT2D eigenvalue weighted by molar-refractivity contribution is 7.89. The number of nitrogens with one attached hydrogen (secondary N) is 3. The number of rotatable bonds is 4. The molecule has 2 aromatic rings. The van der Waals surface area contributed by atoms with Crippen molar-refractivity contribution >= 4 is 27.5 Å². The minimum Gasteiger partial charge on any atom is -0.318 e. The summed E-state index contributed by atoms with van der Waals surface area (Å²) < 4.78 is 50.0. The van der Waals surface area contributed by atoms with Crippen molar-refractivity contribution in [2.45, 2.75) is 11.8 Å². The van der Waals surface area contributed by atoms with Crippen LogP contribution in [0.1, 0.15) is 5.56 Å². The van der Waals surface area contributed by atoms with Crippen LogP contribution in [0.4, 0.5) is 14.5 Å². The van der Waals surface area contributed by atoms with E-state index in [9.17, 15) is 26.8 Å². The summed E-state index contributed by atoms with van der Waals surface area (Å²) in [6.45, 7) is 1.83. The van der Waals surface area contributed by atoms with E-state index in [2.05, 4.69) is 5.32 Å². The van der Waals surface area contributed by atoms with Crippen LogP contribution >= 0.6 is 0 Å². The van der Waals surface area contributed by atoms with E-state index < -0.39 is 38.4 Å². The van der Waals surface area contributed by atoms with Crippen LogP contribution in [0.2, 0.25) is 0 Å². The summed E-state index contributed by atoms with van der Waals surface area (Å²) in [5.74, 6) is -4.75. The Morgan fingerprint density at radius 2 is 1.60 bits per heavy atom. The van der Waals surface area contributed by atoms with Crippen molar-refractivity contribution in [3.05, 3.63) is 59.7 Å². The van der Waals surface area contributed by atoms with E-state index in [1.54, 1.807) is 34.5 Å². The minimum atomic E-state index is -4.52. The second kappa shape index (κ2) is 7.36. The molecule has 0 aromatic heterocycles. The van der Waals surface area contributed by atoms with Gasteiger partial charge in [0, 0.05) is 11.8 Å². The van der Waals surface area contributed by atoms with Crippen LogP contribution in [0.25, 0.3) is 0 Å². The van der Waals surface area contributed by atoms with Crippen molar-refractivity contribution in [1.82, 2.24) is 10.3 Å². The molecule has 0 spiro atoms. The third-order valence-corrected chi connectivity index (χ3v) is 4.28. The molecule has 0 saturated heterocycles. The lowest BCUT2D eigenvalue weighted by molar-refractivity contribution is -0.136. The Morgan fingerprint density at radius 3 is 2.20 bits per heavy atom. The van der Waals surface area contributed by atoms with Crippen molar-refractivity contribution < 1.29 is 26.8 Å². The Labute approximate surface area is 142 Å². The fourth-order valence-electron chi connectivity index (χ4n) is 1.74. The molecule has 0 aliphatic carbocycles. The second-order valence-electron chi connectivity index (χ2n) is 4.95. The van der Waals surface area contributed by atoms with E-state index in [1.165, 1.54) is 0 Å². The molecular formula is C15H13F2N3O4S. The van der Waals surface area contributed by atoms with Crippen molar-refractivity contribution in [1.29, 1.82) is 0 Å². The van der Waals surface area contributed by atoms with Gasteiger partial charge in [0.05, 0.1) is 0 Å². The normalized spacial score (nSPS) is 11.0. The minimum absolute atomic E-state index is 0.332. The number of hydrazine groups is 1. The van der Waals surface area contributed by atoms with E-state index in [0.29, 0.717) is 17.8 Å². The van der Waals surface area contributed by atoms with E-state index in [-0.39, 0.29) is 0 Å². The molecular weight excluding hydrogens is 356 g/mol. The van der Waals surface area contributed by atoms with Gasteiger partial charge < -0.3 is 5.32 Å². The number of amides is 2. The fraction of sp³-hybridized carbons (Fsp3) is 0.0667. The molecule has 25 heavy (non-hydrogen) atoms. The average Bonchev–Trinajstić information content (AvgIpc) is 2.54. The second-order valence-corrected chi connectivity index (χ2v) is 6.61. The maximum Gasteiger partial charge on any atom is 0.324 e. The Hall–Kier alpha value is -2.85. The molecule has 0 atom stereocenters. The molecule has 2 aromatic carbocycles. The maximum absolute atomic E-state index is 13.5. The summed E-state index contributed by atoms with van der Waals surface area (Å²) in [4.78, 5) is 24.0. The van der Waals surface area contributed by atoms with Gasteiger partial charge >= 0.3 is 11.8 Å². The number of carbonyl (C=O) groups is 2. The topological polar surface area (TPSA) is 104 Å². The third kappa shape index (κ3) is 4.81. The monoisotopic (exact) mass is 369 g/mol. The molecule has 0 fully saturated rings. The first-order valence-corrected chi connectivity index (χ1v) is 8.32. The number of carbonyl (C=O) groups excluding carboxylic acids is 2. The van der Waals surface area contributed by atoms with Gasteiger partial charge in [-0.15, -0.1) is 4.83 Å². The summed E-state index contributed by atoms with van der Waals surface area (Å²) in [5.41, 5.74) is 2.92. The van der Waals surface area contributed by atoms with Gasteiger partial charge in [-0.3, -0.25) is 15.0 Å².